The van der Waals surface area contributed by atoms with Crippen molar-refractivity contribution in [2.45, 2.75) is 70.2 Å². The molecule has 1 fully saturated rings. The minimum Gasteiger partial charge on any atom is -0.481 e. The average molecular weight is 845 g/mol. The van der Waals surface area contributed by atoms with Crippen LogP contribution in [0, 0.1) is 0 Å². The number of ether oxygens (including phenoxy) is 3. The Morgan fingerprint density at radius 3 is 1.33 bits per heavy atom. The lowest BCUT2D eigenvalue weighted by Gasteiger charge is -2.12. The summed E-state index contributed by atoms with van der Waals surface area (Å²) in [7, 11) is 0. The van der Waals surface area contributed by atoms with Gasteiger partial charge in [-0.15, -0.1) is 0 Å². The van der Waals surface area contributed by atoms with Crippen LogP contribution in [0.15, 0.2) is 91.0 Å². The molecule has 0 aliphatic carbocycles. The molecule has 1 aliphatic rings. The number of anilines is 3. The fourth-order valence-electron chi connectivity index (χ4n) is 3.76. The van der Waals surface area contributed by atoms with E-state index in [1.165, 1.54) is 0 Å². The fraction of sp³-hybridized carbons (Fsp3) is 0.400. The number of aliphatic carboxylic acids is 1. The molecule has 0 spiro atoms. The summed E-state index contributed by atoms with van der Waals surface area (Å²) in [5.41, 5.74) is 17.7. The first-order valence-electron chi connectivity index (χ1n) is 18.9. The zero-order valence-corrected chi connectivity index (χ0v) is 33.3. The number of carboxylic acid groups (broad SMARTS) is 1. The van der Waals surface area contributed by atoms with Crippen LogP contribution in [-0.4, -0.2) is 113 Å². The van der Waals surface area contributed by atoms with Crippen molar-refractivity contribution in [3.05, 3.63) is 91.0 Å². The third-order valence-corrected chi connectivity index (χ3v) is 7.26. The highest BCUT2D eigenvalue weighted by molar-refractivity contribution is 5.83. The fourth-order valence-corrected chi connectivity index (χ4v) is 3.76. The number of hydrogen-bond donors (Lipinski definition) is 11. The van der Waals surface area contributed by atoms with Gasteiger partial charge in [-0.1, -0.05) is 61.5 Å². The first kappa shape index (κ1) is 51.7. The minimum absolute atomic E-state index is 0.0151. The van der Waals surface area contributed by atoms with Crippen molar-refractivity contribution in [3.8, 4) is 0 Å². The van der Waals surface area contributed by atoms with Crippen molar-refractivity contribution < 1.29 is 68.5 Å². The second-order valence-corrected chi connectivity index (χ2v) is 12.4. The van der Waals surface area contributed by atoms with Crippen molar-refractivity contribution in [3.63, 3.8) is 0 Å². The summed E-state index contributed by atoms with van der Waals surface area (Å²) >= 11 is 0. The number of carbonyl (C=O) groups excluding carboxylic acids is 5. The largest absolute Gasteiger partial charge is 0.481 e. The van der Waals surface area contributed by atoms with Gasteiger partial charge in [0.2, 0.25) is 17.7 Å². The number of hydrogen-bond acceptors (Lipinski definition) is 16. The van der Waals surface area contributed by atoms with E-state index in [-0.39, 0.29) is 75.6 Å². The van der Waals surface area contributed by atoms with E-state index < -0.39 is 43.3 Å². The maximum Gasteiger partial charge on any atom is 0.306 e. The summed E-state index contributed by atoms with van der Waals surface area (Å²) < 4.78 is 14.1. The maximum atomic E-state index is 11.5. The van der Waals surface area contributed by atoms with Crippen molar-refractivity contribution in [1.29, 1.82) is 0 Å². The summed E-state index contributed by atoms with van der Waals surface area (Å²) in [5.74, 6) is -3.14. The monoisotopic (exact) mass is 844 g/mol. The number of aliphatic hydroxyl groups is 4. The van der Waals surface area contributed by atoms with Crippen LogP contribution in [0.3, 0.4) is 0 Å². The molecule has 20 nitrogen and oxygen atoms in total. The smallest absolute Gasteiger partial charge is 0.306 e. The van der Waals surface area contributed by atoms with E-state index in [1.54, 1.807) is 43.3 Å². The molecule has 60 heavy (non-hydrogen) atoms. The molecule has 0 saturated carbocycles. The van der Waals surface area contributed by atoms with Gasteiger partial charge in [0.15, 0.2) is 0 Å². The van der Waals surface area contributed by atoms with Gasteiger partial charge in [0, 0.05) is 19.3 Å². The molecular weight excluding hydrogens is 788 g/mol. The number of esters is 2. The minimum atomic E-state index is -0.982. The number of carbonyl (C=O) groups is 6. The van der Waals surface area contributed by atoms with Crippen LogP contribution in [0.25, 0.3) is 0 Å². The predicted octanol–water partition coefficient (Wildman–Crippen LogP) is 1.40. The van der Waals surface area contributed by atoms with E-state index in [1.807, 2.05) is 54.6 Å². The molecule has 3 aromatic rings. The quantitative estimate of drug-likeness (QED) is 0.0387. The number of benzene rings is 3. The number of amides is 3. The predicted molar refractivity (Wildman–Crippen MR) is 218 cm³/mol. The summed E-state index contributed by atoms with van der Waals surface area (Å²) in [6.07, 6.45) is -1.23. The van der Waals surface area contributed by atoms with Crippen LogP contribution in [0.4, 0.5) is 17.1 Å². The third-order valence-electron chi connectivity index (χ3n) is 7.26. The Hall–Kier alpha value is -6.32. The molecular formula is C40H56N6O14. The lowest BCUT2D eigenvalue weighted by Crippen LogP contribution is -2.30. The van der Waals surface area contributed by atoms with Crippen LogP contribution in [0.1, 0.15) is 51.9 Å². The Bertz CT molecular complexity index is 1650. The van der Waals surface area contributed by atoms with Gasteiger partial charge in [0.05, 0.1) is 68.9 Å². The molecule has 4 rings (SSSR count). The Morgan fingerprint density at radius 1 is 0.633 bits per heavy atom. The molecule has 3 amide bonds. The Morgan fingerprint density at radius 2 is 1.02 bits per heavy atom. The van der Waals surface area contributed by atoms with Crippen LogP contribution in [-0.2, 0) is 43.0 Å². The van der Waals surface area contributed by atoms with Gasteiger partial charge >= 0.3 is 17.9 Å². The zero-order valence-electron chi connectivity index (χ0n) is 33.3. The first-order valence-corrected chi connectivity index (χ1v) is 18.9. The highest BCUT2D eigenvalue weighted by Gasteiger charge is 2.20. The summed E-state index contributed by atoms with van der Waals surface area (Å²) in [5, 5.41) is 43.1. The molecule has 1 saturated heterocycles. The molecule has 0 aromatic heterocycles. The number of carboxylic acids is 1. The molecule has 0 bridgehead atoms. The third kappa shape index (κ3) is 29.0. The summed E-state index contributed by atoms with van der Waals surface area (Å²) in [6, 6.07) is 27.3. The van der Waals surface area contributed by atoms with Crippen molar-refractivity contribution >= 4 is 52.7 Å². The second-order valence-electron chi connectivity index (χ2n) is 12.4. The topological polar surface area (TPSA) is 307 Å². The van der Waals surface area contributed by atoms with Gasteiger partial charge in [0.25, 0.3) is 0 Å². The number of aliphatic hydroxyl groups excluding tert-OH is 4. The average Bonchev–Trinajstić information content (AvgIpc) is 4.13. The van der Waals surface area contributed by atoms with E-state index in [0.717, 1.165) is 23.7 Å². The van der Waals surface area contributed by atoms with Gasteiger partial charge in [-0.2, -0.15) is 0 Å². The zero-order chi connectivity index (χ0) is 44.4. The Balaban J connectivity index is 0.000000427. The standard InChI is InChI=1S/C14H20N2O4.C13H18N2O5.C10H12N2O3.C3H6O2/c1-2-12(17)10-20-14(19)9-8-13(18)16-15-11-6-4-3-5-7-11;16-8-11(9-17)20-13(19)7-6-12(18)15-14-10-4-2-1-3-5-10;13-9(6-7-10(14)15)12-11-8-4-2-1-3-5-8;4-1-3-2-5-3/h3-7,12,15,17H,2,8-10H2,1H3,(H,16,18);1-5,11,14,16-17H,6-9H2,(H,15,18);1-5,11H,6-7H2,(H,12,13)(H,14,15);3-4H,1-2H2. The molecule has 330 valence electrons. The van der Waals surface area contributed by atoms with Gasteiger partial charge in [-0.3, -0.25) is 61.3 Å². The highest BCUT2D eigenvalue weighted by atomic mass is 16.6. The summed E-state index contributed by atoms with van der Waals surface area (Å²) in [6.45, 7) is 1.81. The number of epoxide rings is 1. The number of nitrogens with one attached hydrogen (secondary N) is 6. The molecule has 0 radical (unpaired) electrons. The Kier molecular flexibility index (Phi) is 28.1. The van der Waals surface area contributed by atoms with Crippen LogP contribution >= 0.6 is 0 Å². The molecule has 2 unspecified atom stereocenters. The number of rotatable bonds is 22. The molecule has 1 heterocycles. The van der Waals surface area contributed by atoms with E-state index in [2.05, 4.69) is 37.3 Å². The van der Waals surface area contributed by atoms with Gasteiger partial charge in [-0.25, -0.2) is 0 Å². The molecule has 20 heteroatoms. The van der Waals surface area contributed by atoms with Crippen molar-refractivity contribution in [2.24, 2.45) is 0 Å². The van der Waals surface area contributed by atoms with E-state index in [9.17, 15) is 33.9 Å². The molecule has 3 aromatic carbocycles. The van der Waals surface area contributed by atoms with Crippen molar-refractivity contribution in [1.82, 2.24) is 16.3 Å². The van der Waals surface area contributed by atoms with Crippen LogP contribution in [0.5, 0.6) is 0 Å². The SMILES string of the molecule is CCC(O)COC(=O)CCC(=O)NNc1ccccc1.O=C(CCC(=O)OC(CO)CO)NNc1ccccc1.O=C(O)CCC(=O)NNc1ccccc1.OCC1CO1. The molecule has 11 N–H and O–H groups in total. The van der Waals surface area contributed by atoms with Gasteiger partial charge in [-0.05, 0) is 42.8 Å². The molecule has 1 aliphatic heterocycles. The lowest BCUT2D eigenvalue weighted by atomic mass is 10.3. The lowest BCUT2D eigenvalue weighted by molar-refractivity contribution is -0.154. The number of hydrazine groups is 3. The van der Waals surface area contributed by atoms with Crippen molar-refractivity contribution in [2.75, 3.05) is 49.3 Å². The van der Waals surface area contributed by atoms with Crippen LogP contribution in [0.2, 0.25) is 0 Å². The summed E-state index contributed by atoms with van der Waals surface area (Å²) in [4.78, 5) is 66.8. The maximum absolute atomic E-state index is 11.5. The Labute approximate surface area is 347 Å². The normalized spacial score (nSPS) is 12.4. The van der Waals surface area contributed by atoms with Crippen LogP contribution < -0.4 is 32.6 Å². The van der Waals surface area contributed by atoms with E-state index in [4.69, 9.17) is 29.9 Å². The van der Waals surface area contributed by atoms with Gasteiger partial charge in [0.1, 0.15) is 18.8 Å². The highest BCUT2D eigenvalue weighted by Crippen LogP contribution is 2.06. The van der Waals surface area contributed by atoms with E-state index >= 15 is 0 Å². The van der Waals surface area contributed by atoms with E-state index in [0.29, 0.717) is 6.42 Å². The van der Waals surface area contributed by atoms with Gasteiger partial charge < -0.3 is 39.7 Å². The number of para-hydroxylation sites is 3. The second kappa shape index (κ2) is 32.6. The molecule has 2 atom stereocenters. The first-order chi connectivity index (χ1) is 28.9.